The normalized spacial score (nSPS) is 27.1. The highest BCUT2D eigenvalue weighted by molar-refractivity contribution is 5.79. The summed E-state index contributed by atoms with van der Waals surface area (Å²) in [7, 11) is 0. The number of amides is 1. The summed E-state index contributed by atoms with van der Waals surface area (Å²) in [5.41, 5.74) is 5.44. The summed E-state index contributed by atoms with van der Waals surface area (Å²) in [6.07, 6.45) is 5.72. The van der Waals surface area contributed by atoms with Crippen LogP contribution < -0.4 is 11.1 Å². The van der Waals surface area contributed by atoms with Gasteiger partial charge in [-0.2, -0.15) is 0 Å². The van der Waals surface area contributed by atoms with E-state index >= 15 is 0 Å². The van der Waals surface area contributed by atoms with Crippen LogP contribution in [0, 0.1) is 0 Å². The van der Waals surface area contributed by atoms with Gasteiger partial charge in [0.1, 0.15) is 0 Å². The molecule has 0 spiro atoms. The molecule has 1 aliphatic rings. The van der Waals surface area contributed by atoms with E-state index in [-0.39, 0.29) is 11.9 Å². The summed E-state index contributed by atoms with van der Waals surface area (Å²) in [5, 5.41) is 3.24. The Bertz CT molecular complexity index is 247. The van der Waals surface area contributed by atoms with Crippen molar-refractivity contribution in [1.82, 2.24) is 10.2 Å². The molecule has 1 saturated heterocycles. The monoisotopic (exact) mass is 255 g/mol. The van der Waals surface area contributed by atoms with E-state index in [1.807, 2.05) is 0 Å². The summed E-state index contributed by atoms with van der Waals surface area (Å²) in [5.74, 6) is -0.222. The van der Waals surface area contributed by atoms with E-state index in [0.29, 0.717) is 12.1 Å². The average molecular weight is 255 g/mol. The van der Waals surface area contributed by atoms with Gasteiger partial charge in [0.25, 0.3) is 0 Å². The van der Waals surface area contributed by atoms with E-state index in [0.717, 1.165) is 25.9 Å². The van der Waals surface area contributed by atoms with Crippen molar-refractivity contribution in [2.45, 2.75) is 71.0 Å². The largest absolute Gasteiger partial charge is 0.368 e. The van der Waals surface area contributed by atoms with Crippen molar-refractivity contribution in [3.8, 4) is 0 Å². The SMILES string of the molecule is CCCNC(CCN1C(C)CCCC1C)C(N)=O. The highest BCUT2D eigenvalue weighted by Gasteiger charge is 2.25. The molecule has 3 atom stereocenters. The number of piperidine rings is 1. The number of nitrogens with zero attached hydrogens (tertiary/aromatic N) is 1. The smallest absolute Gasteiger partial charge is 0.234 e. The first kappa shape index (κ1) is 15.4. The van der Waals surface area contributed by atoms with Gasteiger partial charge in [0.2, 0.25) is 5.91 Å². The van der Waals surface area contributed by atoms with Crippen molar-refractivity contribution in [2.24, 2.45) is 5.73 Å². The number of nitrogens with one attached hydrogen (secondary N) is 1. The molecule has 0 aromatic carbocycles. The van der Waals surface area contributed by atoms with Gasteiger partial charge in [-0.25, -0.2) is 0 Å². The fourth-order valence-electron chi connectivity index (χ4n) is 2.86. The number of rotatable bonds is 7. The molecule has 18 heavy (non-hydrogen) atoms. The summed E-state index contributed by atoms with van der Waals surface area (Å²) >= 11 is 0. The van der Waals surface area contributed by atoms with Crippen LogP contribution in [0.3, 0.4) is 0 Å². The second-order valence-corrected chi connectivity index (χ2v) is 5.56. The second-order valence-electron chi connectivity index (χ2n) is 5.56. The molecular weight excluding hydrogens is 226 g/mol. The van der Waals surface area contributed by atoms with Crippen LogP contribution in [0.25, 0.3) is 0 Å². The molecule has 0 saturated carbocycles. The van der Waals surface area contributed by atoms with E-state index in [1.165, 1.54) is 19.3 Å². The fourth-order valence-corrected chi connectivity index (χ4v) is 2.86. The molecule has 4 nitrogen and oxygen atoms in total. The van der Waals surface area contributed by atoms with Crippen LogP contribution in [0.15, 0.2) is 0 Å². The number of hydrogen-bond acceptors (Lipinski definition) is 3. The Balaban J connectivity index is 2.42. The topological polar surface area (TPSA) is 58.4 Å². The third-order valence-electron chi connectivity index (χ3n) is 4.04. The minimum absolute atomic E-state index is 0.175. The van der Waals surface area contributed by atoms with Crippen molar-refractivity contribution in [3.63, 3.8) is 0 Å². The van der Waals surface area contributed by atoms with Gasteiger partial charge in [0.15, 0.2) is 0 Å². The Morgan fingerprint density at radius 1 is 1.39 bits per heavy atom. The predicted octanol–water partition coefficient (Wildman–Crippen LogP) is 1.49. The van der Waals surface area contributed by atoms with Crippen LogP contribution in [0.4, 0.5) is 0 Å². The maximum atomic E-state index is 11.4. The van der Waals surface area contributed by atoms with Crippen LogP contribution in [-0.4, -0.2) is 42.0 Å². The van der Waals surface area contributed by atoms with Crippen molar-refractivity contribution >= 4 is 5.91 Å². The summed E-state index contributed by atoms with van der Waals surface area (Å²) < 4.78 is 0. The lowest BCUT2D eigenvalue weighted by atomic mass is 9.97. The maximum Gasteiger partial charge on any atom is 0.234 e. The predicted molar refractivity (Wildman–Crippen MR) is 75.4 cm³/mol. The molecule has 1 aliphatic heterocycles. The van der Waals surface area contributed by atoms with Crippen molar-refractivity contribution in [1.29, 1.82) is 0 Å². The first-order valence-electron chi connectivity index (χ1n) is 7.34. The first-order valence-corrected chi connectivity index (χ1v) is 7.34. The molecule has 1 fully saturated rings. The highest BCUT2D eigenvalue weighted by atomic mass is 16.1. The summed E-state index contributed by atoms with van der Waals surface area (Å²) in [4.78, 5) is 13.9. The van der Waals surface area contributed by atoms with Crippen molar-refractivity contribution in [2.75, 3.05) is 13.1 Å². The molecule has 1 rings (SSSR count). The average Bonchev–Trinajstić information content (AvgIpc) is 2.31. The molecule has 3 N–H and O–H groups in total. The van der Waals surface area contributed by atoms with Gasteiger partial charge >= 0.3 is 0 Å². The van der Waals surface area contributed by atoms with E-state index in [4.69, 9.17) is 5.73 Å². The van der Waals surface area contributed by atoms with Gasteiger partial charge in [-0.05, 0) is 46.1 Å². The van der Waals surface area contributed by atoms with Gasteiger partial charge in [-0.3, -0.25) is 9.69 Å². The second kappa shape index (κ2) is 7.74. The summed E-state index contributed by atoms with van der Waals surface area (Å²) in [6, 6.07) is 1.09. The van der Waals surface area contributed by atoms with E-state index in [2.05, 4.69) is 31.0 Å². The Kier molecular flexibility index (Phi) is 6.65. The van der Waals surface area contributed by atoms with Crippen LogP contribution in [-0.2, 0) is 4.79 Å². The van der Waals surface area contributed by atoms with Crippen LogP contribution in [0.1, 0.15) is 52.9 Å². The minimum atomic E-state index is -0.222. The van der Waals surface area contributed by atoms with Gasteiger partial charge in [0, 0.05) is 18.6 Å². The number of hydrogen-bond donors (Lipinski definition) is 2. The van der Waals surface area contributed by atoms with E-state index in [1.54, 1.807) is 0 Å². The standard InChI is InChI=1S/C14H29N3O/c1-4-9-16-13(14(15)18)8-10-17-11(2)6-5-7-12(17)3/h11-13,16H,4-10H2,1-3H3,(H2,15,18). The molecule has 4 heteroatoms. The van der Waals surface area contributed by atoms with Gasteiger partial charge < -0.3 is 11.1 Å². The molecule has 0 aliphatic carbocycles. The number of nitrogens with two attached hydrogens (primary N) is 1. The van der Waals surface area contributed by atoms with Crippen LogP contribution in [0.2, 0.25) is 0 Å². The lowest BCUT2D eigenvalue weighted by molar-refractivity contribution is -0.120. The Morgan fingerprint density at radius 3 is 2.50 bits per heavy atom. The Labute approximate surface area is 111 Å². The molecule has 106 valence electrons. The molecule has 0 aromatic heterocycles. The zero-order valence-electron chi connectivity index (χ0n) is 12.1. The quantitative estimate of drug-likeness (QED) is 0.724. The number of carbonyl (C=O) groups is 1. The van der Waals surface area contributed by atoms with Gasteiger partial charge in [-0.1, -0.05) is 13.3 Å². The first-order chi connectivity index (χ1) is 8.56. The number of primary amides is 1. The molecule has 3 unspecified atom stereocenters. The molecular formula is C14H29N3O. The Morgan fingerprint density at radius 2 is 2.00 bits per heavy atom. The molecule has 1 heterocycles. The fraction of sp³-hybridized carbons (Fsp3) is 0.929. The zero-order valence-corrected chi connectivity index (χ0v) is 12.1. The molecule has 0 bridgehead atoms. The van der Waals surface area contributed by atoms with Crippen molar-refractivity contribution in [3.05, 3.63) is 0 Å². The van der Waals surface area contributed by atoms with Crippen LogP contribution in [0.5, 0.6) is 0 Å². The third kappa shape index (κ3) is 4.58. The maximum absolute atomic E-state index is 11.4. The molecule has 0 aromatic rings. The highest BCUT2D eigenvalue weighted by Crippen LogP contribution is 2.22. The minimum Gasteiger partial charge on any atom is -0.368 e. The molecule has 0 radical (unpaired) electrons. The number of carbonyl (C=O) groups excluding carboxylic acids is 1. The zero-order chi connectivity index (χ0) is 13.5. The lowest BCUT2D eigenvalue weighted by Gasteiger charge is -2.39. The van der Waals surface area contributed by atoms with Gasteiger partial charge in [0.05, 0.1) is 6.04 Å². The van der Waals surface area contributed by atoms with E-state index < -0.39 is 0 Å². The number of likely N-dealkylation sites (tertiary alicyclic amines) is 1. The molecule has 1 amide bonds. The third-order valence-corrected chi connectivity index (χ3v) is 4.04. The van der Waals surface area contributed by atoms with E-state index in [9.17, 15) is 4.79 Å². The van der Waals surface area contributed by atoms with Gasteiger partial charge in [-0.15, -0.1) is 0 Å². The summed E-state index contributed by atoms with van der Waals surface area (Å²) in [6.45, 7) is 8.49. The lowest BCUT2D eigenvalue weighted by Crippen LogP contribution is -2.48. The Hall–Kier alpha value is -0.610. The van der Waals surface area contributed by atoms with Crippen molar-refractivity contribution < 1.29 is 4.79 Å². The van der Waals surface area contributed by atoms with Crippen LogP contribution >= 0.6 is 0 Å².